The van der Waals surface area contributed by atoms with Gasteiger partial charge in [-0.1, -0.05) is 51.0 Å². The smallest absolute Gasteiger partial charge is 0.0734 e. The van der Waals surface area contributed by atoms with Gasteiger partial charge in [0.15, 0.2) is 0 Å². The highest BCUT2D eigenvalue weighted by molar-refractivity contribution is 5.81. The number of rotatable bonds is 8. The predicted octanol–water partition coefficient (Wildman–Crippen LogP) is 4.34. The van der Waals surface area contributed by atoms with Gasteiger partial charge in [-0.15, -0.1) is 0 Å². The van der Waals surface area contributed by atoms with Crippen LogP contribution in [0.3, 0.4) is 0 Å². The lowest BCUT2D eigenvalue weighted by Crippen LogP contribution is -2.30. The third-order valence-electron chi connectivity index (χ3n) is 3.82. The molecule has 0 aliphatic carbocycles. The Morgan fingerprint density at radius 3 is 2.55 bits per heavy atom. The van der Waals surface area contributed by atoms with Crippen LogP contribution in [-0.2, 0) is 6.42 Å². The molecule has 1 aromatic heterocycles. The van der Waals surface area contributed by atoms with Gasteiger partial charge < -0.3 is 5.32 Å². The lowest BCUT2D eigenvalue weighted by Gasteiger charge is -2.17. The van der Waals surface area contributed by atoms with Crippen molar-refractivity contribution in [2.75, 3.05) is 6.54 Å². The SMILES string of the molecule is CCCC(CCC)NCCc1cccc2cccnc12. The maximum atomic E-state index is 4.52. The van der Waals surface area contributed by atoms with Crippen LogP contribution in [0, 0.1) is 0 Å². The molecule has 20 heavy (non-hydrogen) atoms. The van der Waals surface area contributed by atoms with Crippen LogP contribution in [0.1, 0.15) is 45.1 Å². The van der Waals surface area contributed by atoms with Crippen molar-refractivity contribution in [3.05, 3.63) is 42.1 Å². The fourth-order valence-corrected chi connectivity index (χ4v) is 2.83. The van der Waals surface area contributed by atoms with E-state index in [0.717, 1.165) is 18.5 Å². The molecule has 1 heterocycles. The highest BCUT2D eigenvalue weighted by Crippen LogP contribution is 2.16. The molecule has 1 N–H and O–H groups in total. The number of fused-ring (bicyclic) bond motifs is 1. The minimum absolute atomic E-state index is 0.674. The van der Waals surface area contributed by atoms with Crippen molar-refractivity contribution in [1.29, 1.82) is 0 Å². The summed E-state index contributed by atoms with van der Waals surface area (Å²) in [6.07, 6.45) is 8.01. The second-order valence-corrected chi connectivity index (χ2v) is 5.47. The van der Waals surface area contributed by atoms with Gasteiger partial charge in [-0.25, -0.2) is 0 Å². The first-order valence-corrected chi connectivity index (χ1v) is 7.91. The summed E-state index contributed by atoms with van der Waals surface area (Å²) in [6, 6.07) is 11.3. The van der Waals surface area contributed by atoms with Crippen molar-refractivity contribution in [2.45, 2.75) is 52.0 Å². The van der Waals surface area contributed by atoms with E-state index in [1.807, 2.05) is 12.3 Å². The van der Waals surface area contributed by atoms with Crippen LogP contribution < -0.4 is 5.32 Å². The quantitative estimate of drug-likeness (QED) is 0.772. The van der Waals surface area contributed by atoms with Gasteiger partial charge in [0.1, 0.15) is 0 Å². The van der Waals surface area contributed by atoms with Crippen molar-refractivity contribution >= 4 is 10.9 Å². The predicted molar refractivity (Wildman–Crippen MR) is 87.1 cm³/mol. The lowest BCUT2D eigenvalue weighted by molar-refractivity contribution is 0.447. The number of para-hydroxylation sites is 1. The van der Waals surface area contributed by atoms with E-state index in [0.29, 0.717) is 6.04 Å². The number of hydrogen-bond donors (Lipinski definition) is 1. The molecule has 0 saturated carbocycles. The van der Waals surface area contributed by atoms with Crippen molar-refractivity contribution in [1.82, 2.24) is 10.3 Å². The van der Waals surface area contributed by atoms with Gasteiger partial charge in [-0.3, -0.25) is 4.98 Å². The molecule has 0 radical (unpaired) electrons. The first-order valence-electron chi connectivity index (χ1n) is 7.91. The minimum Gasteiger partial charge on any atom is -0.314 e. The fraction of sp³-hybridized carbons (Fsp3) is 0.500. The van der Waals surface area contributed by atoms with Crippen molar-refractivity contribution < 1.29 is 0 Å². The van der Waals surface area contributed by atoms with E-state index in [1.165, 1.54) is 36.6 Å². The number of nitrogens with one attached hydrogen (secondary N) is 1. The van der Waals surface area contributed by atoms with Gasteiger partial charge in [0.25, 0.3) is 0 Å². The summed E-state index contributed by atoms with van der Waals surface area (Å²) >= 11 is 0. The maximum Gasteiger partial charge on any atom is 0.0734 e. The van der Waals surface area contributed by atoms with Gasteiger partial charge in [-0.05, 0) is 37.4 Å². The zero-order chi connectivity index (χ0) is 14.2. The molecular formula is C18H26N2. The molecule has 0 fully saturated rings. The minimum atomic E-state index is 0.674. The average Bonchev–Trinajstić information content (AvgIpc) is 2.48. The van der Waals surface area contributed by atoms with Gasteiger partial charge >= 0.3 is 0 Å². The van der Waals surface area contributed by atoms with E-state index in [4.69, 9.17) is 0 Å². The summed E-state index contributed by atoms with van der Waals surface area (Å²) in [6.45, 7) is 5.57. The third kappa shape index (κ3) is 4.04. The zero-order valence-electron chi connectivity index (χ0n) is 12.7. The molecular weight excluding hydrogens is 244 g/mol. The molecule has 0 amide bonds. The first kappa shape index (κ1) is 15.0. The Morgan fingerprint density at radius 2 is 1.80 bits per heavy atom. The summed E-state index contributed by atoms with van der Waals surface area (Å²) in [5, 5.41) is 4.95. The lowest BCUT2D eigenvalue weighted by atomic mass is 10.0. The van der Waals surface area contributed by atoms with Crippen molar-refractivity contribution in [3.8, 4) is 0 Å². The molecule has 0 spiro atoms. The van der Waals surface area contributed by atoms with E-state index in [2.05, 4.69) is 48.4 Å². The van der Waals surface area contributed by atoms with Crippen LogP contribution in [0.2, 0.25) is 0 Å². The van der Waals surface area contributed by atoms with Crippen LogP contribution in [0.25, 0.3) is 10.9 Å². The van der Waals surface area contributed by atoms with Crippen LogP contribution in [0.4, 0.5) is 0 Å². The number of hydrogen-bond acceptors (Lipinski definition) is 2. The van der Waals surface area contributed by atoms with E-state index in [1.54, 1.807) is 0 Å². The number of aromatic nitrogens is 1. The highest BCUT2D eigenvalue weighted by Gasteiger charge is 2.06. The molecule has 0 bridgehead atoms. The largest absolute Gasteiger partial charge is 0.314 e. The molecule has 2 rings (SSSR count). The molecule has 0 aliphatic rings. The molecule has 108 valence electrons. The Hall–Kier alpha value is -1.41. The Labute approximate surface area is 122 Å². The number of benzene rings is 1. The van der Waals surface area contributed by atoms with Crippen LogP contribution in [0.15, 0.2) is 36.5 Å². The Morgan fingerprint density at radius 1 is 1.05 bits per heavy atom. The normalized spacial score (nSPS) is 11.3. The van der Waals surface area contributed by atoms with Gasteiger partial charge in [0, 0.05) is 17.6 Å². The summed E-state index contributed by atoms with van der Waals surface area (Å²) in [4.78, 5) is 4.52. The summed E-state index contributed by atoms with van der Waals surface area (Å²) in [5.41, 5.74) is 2.50. The maximum absolute atomic E-state index is 4.52. The summed E-state index contributed by atoms with van der Waals surface area (Å²) in [5.74, 6) is 0. The first-order chi connectivity index (χ1) is 9.85. The second kappa shape index (κ2) is 8.01. The number of nitrogens with zero attached hydrogens (tertiary/aromatic N) is 1. The Bertz CT molecular complexity index is 510. The van der Waals surface area contributed by atoms with Crippen molar-refractivity contribution in [2.24, 2.45) is 0 Å². The van der Waals surface area contributed by atoms with E-state index >= 15 is 0 Å². The van der Waals surface area contributed by atoms with Gasteiger partial charge in [-0.2, -0.15) is 0 Å². The fourth-order valence-electron chi connectivity index (χ4n) is 2.83. The molecule has 0 saturated heterocycles. The summed E-state index contributed by atoms with van der Waals surface area (Å²) in [7, 11) is 0. The van der Waals surface area contributed by atoms with Gasteiger partial charge in [0.2, 0.25) is 0 Å². The average molecular weight is 270 g/mol. The highest BCUT2D eigenvalue weighted by atomic mass is 14.9. The molecule has 2 heteroatoms. The zero-order valence-corrected chi connectivity index (χ0v) is 12.7. The summed E-state index contributed by atoms with van der Waals surface area (Å²) < 4.78 is 0. The molecule has 0 unspecified atom stereocenters. The van der Waals surface area contributed by atoms with E-state index in [9.17, 15) is 0 Å². The Kier molecular flexibility index (Phi) is 6.00. The molecule has 0 aliphatic heterocycles. The number of pyridine rings is 1. The molecule has 2 aromatic rings. The molecule has 2 nitrogen and oxygen atoms in total. The van der Waals surface area contributed by atoms with Crippen LogP contribution >= 0.6 is 0 Å². The van der Waals surface area contributed by atoms with Gasteiger partial charge in [0.05, 0.1) is 5.52 Å². The van der Waals surface area contributed by atoms with Crippen LogP contribution in [0.5, 0.6) is 0 Å². The standard InChI is InChI=1S/C18H26N2/c1-3-7-17(8-4-2)19-14-12-16-10-5-9-15-11-6-13-20-18(15)16/h5-6,9-11,13,17,19H,3-4,7-8,12,14H2,1-2H3. The van der Waals surface area contributed by atoms with Crippen LogP contribution in [-0.4, -0.2) is 17.6 Å². The molecule has 0 atom stereocenters. The van der Waals surface area contributed by atoms with Crippen molar-refractivity contribution in [3.63, 3.8) is 0 Å². The second-order valence-electron chi connectivity index (χ2n) is 5.47. The third-order valence-corrected chi connectivity index (χ3v) is 3.82. The van der Waals surface area contributed by atoms with E-state index < -0.39 is 0 Å². The van der Waals surface area contributed by atoms with E-state index in [-0.39, 0.29) is 0 Å². The topological polar surface area (TPSA) is 24.9 Å². The monoisotopic (exact) mass is 270 g/mol. The molecule has 1 aromatic carbocycles. The Balaban J connectivity index is 1.95.